The molecule has 1 saturated heterocycles. The third-order valence-corrected chi connectivity index (χ3v) is 24.2. The molecule has 0 spiro atoms. The van der Waals surface area contributed by atoms with Crippen LogP contribution in [-0.2, 0) is 9.31 Å². The zero-order valence-corrected chi connectivity index (χ0v) is 31.7. The van der Waals surface area contributed by atoms with E-state index in [0.717, 1.165) is 12.8 Å². The average Bonchev–Trinajstić information content (AvgIpc) is 3.16. The van der Waals surface area contributed by atoms with Crippen LogP contribution in [0.25, 0.3) is 0 Å². The molecule has 5 heteroatoms. The molecule has 0 atom stereocenters. The third-order valence-electron chi connectivity index (χ3n) is 9.89. The van der Waals surface area contributed by atoms with Crippen LogP contribution in [0.15, 0.2) is 9.56 Å². The van der Waals surface area contributed by atoms with Crippen molar-refractivity contribution in [3.05, 3.63) is 9.56 Å². The fourth-order valence-electron chi connectivity index (χ4n) is 6.38. The number of nitrogens with zero attached hydrogens (tertiary/aromatic N) is 1. The van der Waals surface area contributed by atoms with E-state index in [0.29, 0.717) is 6.42 Å². The van der Waals surface area contributed by atoms with Crippen LogP contribution in [0.4, 0.5) is 0 Å². The van der Waals surface area contributed by atoms with Crippen LogP contribution in [0.3, 0.4) is 0 Å². The summed E-state index contributed by atoms with van der Waals surface area (Å²) in [6, 6.07) is 2.39. The van der Waals surface area contributed by atoms with Crippen LogP contribution >= 0.6 is 0 Å². The number of rotatable bonds is 26. The summed E-state index contributed by atoms with van der Waals surface area (Å²) in [4.78, 5) is 0. The molecule has 41 heavy (non-hydrogen) atoms. The number of unbranched alkanes of at least 4 members (excludes halogenated alkanes) is 16. The van der Waals surface area contributed by atoms with Gasteiger partial charge >= 0.3 is 264 Å². The standard InChI is InChI=1S/C12H19BNO2.3C8H17.Sn/c1-10(8-6-7-9-14)13-15-11(2,3)12(4,5)16-13;3*1-3-5-7-8-6-4-2;/h1H,6-8H2,2-5H3;3*1,3-8H2,2H3;. The summed E-state index contributed by atoms with van der Waals surface area (Å²) in [7, 11) is -0.242. The van der Waals surface area contributed by atoms with Gasteiger partial charge in [0.15, 0.2) is 0 Å². The van der Waals surface area contributed by atoms with Crippen molar-refractivity contribution in [2.24, 2.45) is 0 Å². The van der Waals surface area contributed by atoms with Crippen molar-refractivity contribution in [3.8, 4) is 6.07 Å². The number of hydrogen-bond acceptors (Lipinski definition) is 3. The first-order valence-electron chi connectivity index (χ1n) is 18.1. The summed E-state index contributed by atoms with van der Waals surface area (Å²) in [6.45, 7) is 15.7. The number of hydrogen-bond donors (Lipinski definition) is 0. The summed E-state index contributed by atoms with van der Waals surface area (Å²) in [5.41, 5.74) is 0.766. The zero-order chi connectivity index (χ0) is 30.5. The maximum absolute atomic E-state index is 9.34. The van der Waals surface area contributed by atoms with Gasteiger partial charge in [-0.1, -0.05) is 0 Å². The van der Waals surface area contributed by atoms with Gasteiger partial charge in [-0.15, -0.1) is 0 Å². The Hall–Kier alpha value is 0.0136. The Bertz CT molecular complexity index is 673. The summed E-state index contributed by atoms with van der Waals surface area (Å²) >= 11 is -2.66. The fourth-order valence-corrected chi connectivity index (χ4v) is 21.0. The number of nitriles is 1. The molecule has 0 amide bonds. The molecular weight excluding hydrogens is 608 g/mol. The van der Waals surface area contributed by atoms with E-state index in [1.54, 1.807) is 0 Å². The van der Waals surface area contributed by atoms with Crippen molar-refractivity contribution in [1.29, 1.82) is 5.26 Å². The van der Waals surface area contributed by atoms with Crippen LogP contribution in [0.2, 0.25) is 13.3 Å². The molecule has 238 valence electrons. The van der Waals surface area contributed by atoms with Gasteiger partial charge in [-0.25, -0.2) is 0 Å². The number of allylic oxidation sites excluding steroid dienone is 1. The predicted molar refractivity (Wildman–Crippen MR) is 184 cm³/mol. The Balaban J connectivity index is 3.25. The van der Waals surface area contributed by atoms with Crippen molar-refractivity contribution in [3.63, 3.8) is 0 Å². The van der Waals surface area contributed by atoms with Crippen LogP contribution in [0, 0.1) is 11.3 Å². The van der Waals surface area contributed by atoms with Crippen molar-refractivity contribution in [2.75, 3.05) is 0 Å². The van der Waals surface area contributed by atoms with E-state index in [2.05, 4.69) is 58.6 Å². The van der Waals surface area contributed by atoms with Crippen molar-refractivity contribution in [2.45, 2.75) is 208 Å². The summed E-state index contributed by atoms with van der Waals surface area (Å²) in [5, 5.41) is 9.34. The van der Waals surface area contributed by atoms with Gasteiger partial charge in [0.05, 0.1) is 0 Å². The topological polar surface area (TPSA) is 42.2 Å². The molecule has 1 heterocycles. The monoisotopic (exact) mass is 679 g/mol. The molecule has 1 fully saturated rings. The van der Waals surface area contributed by atoms with E-state index in [1.807, 2.05) is 0 Å². The molecule has 1 aliphatic heterocycles. The van der Waals surface area contributed by atoms with Crippen LogP contribution in [0.1, 0.15) is 183 Å². The summed E-state index contributed by atoms with van der Waals surface area (Å²) in [5.74, 6) is 0. The van der Waals surface area contributed by atoms with Gasteiger partial charge in [0.1, 0.15) is 0 Å². The molecular formula is C36H70BNO2Sn. The van der Waals surface area contributed by atoms with Gasteiger partial charge in [-0.3, -0.25) is 0 Å². The molecule has 0 unspecified atom stereocenters. The normalized spacial score (nSPS) is 16.8. The third kappa shape index (κ3) is 16.1. The first-order chi connectivity index (χ1) is 19.7. The van der Waals surface area contributed by atoms with Crippen LogP contribution in [0.5, 0.6) is 0 Å². The summed E-state index contributed by atoms with van der Waals surface area (Å²) in [6.07, 6.45) is 27.5. The van der Waals surface area contributed by atoms with Gasteiger partial charge in [-0.05, 0) is 0 Å². The van der Waals surface area contributed by atoms with E-state index >= 15 is 0 Å². The van der Waals surface area contributed by atoms with Gasteiger partial charge in [0.25, 0.3) is 0 Å². The van der Waals surface area contributed by atoms with Crippen LogP contribution in [-0.4, -0.2) is 36.7 Å². The molecule has 0 aromatic carbocycles. The second-order valence-corrected chi connectivity index (χ2v) is 27.1. The molecule has 0 bridgehead atoms. The van der Waals surface area contributed by atoms with Crippen molar-refractivity contribution >= 4 is 25.5 Å². The molecule has 0 aliphatic carbocycles. The van der Waals surface area contributed by atoms with Crippen molar-refractivity contribution in [1.82, 2.24) is 0 Å². The minimum atomic E-state index is -2.66. The maximum atomic E-state index is 9.34. The van der Waals surface area contributed by atoms with Gasteiger partial charge in [-0.2, -0.15) is 0 Å². The van der Waals surface area contributed by atoms with Gasteiger partial charge in [0, 0.05) is 0 Å². The Morgan fingerprint density at radius 1 is 0.610 bits per heavy atom. The van der Waals surface area contributed by atoms with Crippen molar-refractivity contribution < 1.29 is 9.31 Å². The van der Waals surface area contributed by atoms with E-state index in [1.165, 1.54) is 134 Å². The van der Waals surface area contributed by atoms with E-state index in [9.17, 15) is 5.26 Å². The first-order valence-corrected chi connectivity index (χ1v) is 25.8. The van der Waals surface area contributed by atoms with E-state index in [-0.39, 0.29) is 18.3 Å². The second-order valence-electron chi connectivity index (χ2n) is 14.2. The Morgan fingerprint density at radius 3 is 1.34 bits per heavy atom. The van der Waals surface area contributed by atoms with Crippen LogP contribution < -0.4 is 0 Å². The molecule has 0 saturated carbocycles. The zero-order valence-electron chi connectivity index (χ0n) is 28.9. The quantitative estimate of drug-likeness (QED) is 0.0676. The Morgan fingerprint density at radius 2 is 0.976 bits per heavy atom. The average molecular weight is 678 g/mol. The SMILES string of the molecule is CCCCCCC[CH2][Sn](/[CH]=C(/CCCC#N)B1OC(C)(C)C(C)(C)O1)([CH2]CCCCCCC)[CH2]CCCCCCC. The first kappa shape index (κ1) is 39.0. The van der Waals surface area contributed by atoms with Gasteiger partial charge < -0.3 is 0 Å². The molecule has 0 aromatic rings. The van der Waals surface area contributed by atoms with E-state index in [4.69, 9.17) is 9.31 Å². The summed E-state index contributed by atoms with van der Waals surface area (Å²) < 4.78 is 20.7. The molecule has 1 aliphatic rings. The fraction of sp³-hybridized carbons (Fsp3) is 0.917. The molecule has 0 radical (unpaired) electrons. The molecule has 0 N–H and O–H groups in total. The minimum absolute atomic E-state index is 0.242. The second kappa shape index (κ2) is 22.5. The molecule has 0 aromatic heterocycles. The molecule has 1 rings (SSSR count). The molecule has 3 nitrogen and oxygen atoms in total. The van der Waals surface area contributed by atoms with Gasteiger partial charge in [0.2, 0.25) is 0 Å². The van der Waals surface area contributed by atoms with E-state index < -0.39 is 18.4 Å². The Kier molecular flexibility index (Phi) is 21.4. The predicted octanol–water partition coefficient (Wildman–Crippen LogP) is 12.3. The Labute approximate surface area is 262 Å².